The van der Waals surface area contributed by atoms with Crippen molar-refractivity contribution >= 4 is 17.1 Å². The first-order valence-electron chi connectivity index (χ1n) is 5.80. The van der Waals surface area contributed by atoms with Gasteiger partial charge in [0, 0.05) is 43.2 Å². The minimum atomic E-state index is -0.449. The minimum Gasteiger partial charge on any atom is -0.398 e. The van der Waals surface area contributed by atoms with Crippen LogP contribution in [0.1, 0.15) is 0 Å². The summed E-state index contributed by atoms with van der Waals surface area (Å²) in [5.41, 5.74) is 9.12. The van der Waals surface area contributed by atoms with Gasteiger partial charge < -0.3 is 10.6 Å². The van der Waals surface area contributed by atoms with Gasteiger partial charge in [0.15, 0.2) is 0 Å². The summed E-state index contributed by atoms with van der Waals surface area (Å²) in [6, 6.07) is 12.4. The van der Waals surface area contributed by atoms with Crippen molar-refractivity contribution in [1.82, 2.24) is 0 Å². The van der Waals surface area contributed by atoms with Gasteiger partial charge in [0.2, 0.25) is 0 Å². The van der Waals surface area contributed by atoms with Crippen molar-refractivity contribution in [3.63, 3.8) is 0 Å². The number of anilines is 2. The molecule has 0 saturated heterocycles. The molecule has 0 amide bonds. The monoisotopic (exact) mass is 257 g/mol. The zero-order valence-electron chi connectivity index (χ0n) is 10.8. The third-order valence-corrected chi connectivity index (χ3v) is 2.94. The first-order chi connectivity index (χ1) is 8.99. The normalized spacial score (nSPS) is 10.2. The molecule has 2 aromatic rings. The SMILES string of the molecule is CN(C)c1ccc(-c2ccc([N+](=O)[O-])cc2N)cc1. The Labute approximate surface area is 111 Å². The van der Waals surface area contributed by atoms with Gasteiger partial charge in [-0.25, -0.2) is 0 Å². The molecule has 0 fully saturated rings. The lowest BCUT2D eigenvalue weighted by Crippen LogP contribution is -2.07. The van der Waals surface area contributed by atoms with E-state index in [2.05, 4.69) is 0 Å². The molecule has 2 rings (SSSR count). The van der Waals surface area contributed by atoms with E-state index in [-0.39, 0.29) is 5.69 Å². The van der Waals surface area contributed by atoms with Crippen LogP contribution < -0.4 is 10.6 Å². The average Bonchev–Trinajstić information content (AvgIpc) is 2.38. The lowest BCUT2D eigenvalue weighted by atomic mass is 10.0. The Morgan fingerprint density at radius 2 is 1.74 bits per heavy atom. The summed E-state index contributed by atoms with van der Waals surface area (Å²) < 4.78 is 0. The van der Waals surface area contributed by atoms with Gasteiger partial charge in [0.05, 0.1) is 4.92 Å². The van der Waals surface area contributed by atoms with E-state index in [1.54, 1.807) is 6.07 Å². The maximum Gasteiger partial charge on any atom is 0.271 e. The lowest BCUT2D eigenvalue weighted by molar-refractivity contribution is -0.384. The lowest BCUT2D eigenvalue weighted by Gasteiger charge is -2.13. The summed E-state index contributed by atoms with van der Waals surface area (Å²) in [6.07, 6.45) is 0. The third-order valence-electron chi connectivity index (χ3n) is 2.94. The van der Waals surface area contributed by atoms with E-state index in [0.29, 0.717) is 5.69 Å². The number of nitrogens with two attached hydrogens (primary N) is 1. The third kappa shape index (κ3) is 2.65. The van der Waals surface area contributed by atoms with Crippen LogP contribution in [0.15, 0.2) is 42.5 Å². The molecule has 0 radical (unpaired) electrons. The van der Waals surface area contributed by atoms with E-state index in [1.807, 2.05) is 43.3 Å². The molecule has 5 nitrogen and oxygen atoms in total. The average molecular weight is 257 g/mol. The molecule has 0 aliphatic rings. The second-order valence-electron chi connectivity index (χ2n) is 4.47. The van der Waals surface area contributed by atoms with Crippen LogP contribution in [0, 0.1) is 10.1 Å². The van der Waals surface area contributed by atoms with E-state index in [1.165, 1.54) is 12.1 Å². The standard InChI is InChI=1S/C14H15N3O2/c1-16(2)11-5-3-10(4-6-11)13-8-7-12(17(18)19)9-14(13)15/h3-9H,15H2,1-2H3. The number of nitro benzene ring substituents is 1. The quantitative estimate of drug-likeness (QED) is 0.521. The van der Waals surface area contributed by atoms with Crippen LogP contribution in [0.2, 0.25) is 0 Å². The molecular weight excluding hydrogens is 242 g/mol. The molecule has 98 valence electrons. The van der Waals surface area contributed by atoms with E-state index in [4.69, 9.17) is 5.73 Å². The first kappa shape index (κ1) is 12.9. The molecule has 0 bridgehead atoms. The van der Waals surface area contributed by atoms with Gasteiger partial charge in [0.1, 0.15) is 0 Å². The zero-order valence-corrected chi connectivity index (χ0v) is 10.8. The Bertz CT molecular complexity index is 607. The predicted octanol–water partition coefficient (Wildman–Crippen LogP) is 2.91. The fourth-order valence-electron chi connectivity index (χ4n) is 1.87. The number of nitrogen functional groups attached to an aromatic ring is 1. The molecule has 0 aliphatic carbocycles. The number of hydrogen-bond acceptors (Lipinski definition) is 4. The second kappa shape index (κ2) is 4.97. The van der Waals surface area contributed by atoms with Crippen molar-refractivity contribution in [1.29, 1.82) is 0 Å². The van der Waals surface area contributed by atoms with Gasteiger partial charge in [-0.15, -0.1) is 0 Å². The van der Waals surface area contributed by atoms with Gasteiger partial charge in [-0.3, -0.25) is 10.1 Å². The highest BCUT2D eigenvalue weighted by Gasteiger charge is 2.10. The molecule has 0 aromatic heterocycles. The summed E-state index contributed by atoms with van der Waals surface area (Å²) in [6.45, 7) is 0. The molecule has 2 aromatic carbocycles. The van der Waals surface area contributed by atoms with E-state index >= 15 is 0 Å². The molecule has 0 aliphatic heterocycles. The molecule has 0 saturated carbocycles. The molecule has 5 heteroatoms. The summed E-state index contributed by atoms with van der Waals surface area (Å²) in [7, 11) is 3.94. The van der Waals surface area contributed by atoms with Crippen molar-refractivity contribution in [2.24, 2.45) is 0 Å². The fraction of sp³-hybridized carbons (Fsp3) is 0.143. The van der Waals surface area contributed by atoms with E-state index < -0.39 is 4.92 Å². The largest absolute Gasteiger partial charge is 0.398 e. The highest BCUT2D eigenvalue weighted by Crippen LogP contribution is 2.30. The number of nitro groups is 1. The molecule has 0 heterocycles. The van der Waals surface area contributed by atoms with Crippen LogP contribution in [0.5, 0.6) is 0 Å². The summed E-state index contributed by atoms with van der Waals surface area (Å²) in [5, 5.41) is 10.7. The van der Waals surface area contributed by atoms with Gasteiger partial charge >= 0.3 is 0 Å². The zero-order chi connectivity index (χ0) is 14.0. The van der Waals surface area contributed by atoms with Gasteiger partial charge in [-0.05, 0) is 23.8 Å². The molecule has 19 heavy (non-hydrogen) atoms. The van der Waals surface area contributed by atoms with Crippen LogP contribution in [-0.2, 0) is 0 Å². The number of non-ortho nitro benzene ring substituents is 1. The Hall–Kier alpha value is -2.56. The van der Waals surface area contributed by atoms with Crippen molar-refractivity contribution in [3.8, 4) is 11.1 Å². The maximum absolute atomic E-state index is 10.7. The smallest absolute Gasteiger partial charge is 0.271 e. The Kier molecular flexibility index (Phi) is 3.37. The molecule has 0 spiro atoms. The second-order valence-corrected chi connectivity index (χ2v) is 4.47. The first-order valence-corrected chi connectivity index (χ1v) is 5.80. The number of hydrogen-bond donors (Lipinski definition) is 1. The molecule has 0 unspecified atom stereocenters. The fourth-order valence-corrected chi connectivity index (χ4v) is 1.87. The number of rotatable bonds is 3. The van der Waals surface area contributed by atoms with Crippen LogP contribution in [0.3, 0.4) is 0 Å². The van der Waals surface area contributed by atoms with E-state index in [0.717, 1.165) is 16.8 Å². The Morgan fingerprint density at radius 1 is 1.11 bits per heavy atom. The Balaban J connectivity index is 2.39. The van der Waals surface area contributed by atoms with Gasteiger partial charge in [-0.1, -0.05) is 12.1 Å². The minimum absolute atomic E-state index is 0.00571. The summed E-state index contributed by atoms with van der Waals surface area (Å²) in [5.74, 6) is 0. The van der Waals surface area contributed by atoms with E-state index in [9.17, 15) is 10.1 Å². The van der Waals surface area contributed by atoms with Crippen molar-refractivity contribution in [2.45, 2.75) is 0 Å². The summed E-state index contributed by atoms with van der Waals surface area (Å²) in [4.78, 5) is 12.2. The van der Waals surface area contributed by atoms with Crippen LogP contribution >= 0.6 is 0 Å². The van der Waals surface area contributed by atoms with Crippen LogP contribution in [0.4, 0.5) is 17.1 Å². The topological polar surface area (TPSA) is 72.4 Å². The molecular formula is C14H15N3O2. The van der Waals surface area contributed by atoms with Crippen molar-refractivity contribution in [3.05, 3.63) is 52.6 Å². The number of nitrogens with zero attached hydrogens (tertiary/aromatic N) is 2. The highest BCUT2D eigenvalue weighted by atomic mass is 16.6. The molecule has 2 N–H and O–H groups in total. The molecule has 0 atom stereocenters. The van der Waals surface area contributed by atoms with Crippen LogP contribution in [-0.4, -0.2) is 19.0 Å². The number of benzene rings is 2. The van der Waals surface area contributed by atoms with Gasteiger partial charge in [0.25, 0.3) is 5.69 Å². The van der Waals surface area contributed by atoms with Crippen molar-refractivity contribution < 1.29 is 4.92 Å². The summed E-state index contributed by atoms with van der Waals surface area (Å²) >= 11 is 0. The van der Waals surface area contributed by atoms with Gasteiger partial charge in [-0.2, -0.15) is 0 Å². The van der Waals surface area contributed by atoms with Crippen LogP contribution in [0.25, 0.3) is 11.1 Å². The Morgan fingerprint density at radius 3 is 2.21 bits per heavy atom. The highest BCUT2D eigenvalue weighted by molar-refractivity contribution is 5.78. The van der Waals surface area contributed by atoms with Crippen molar-refractivity contribution in [2.75, 3.05) is 24.7 Å². The maximum atomic E-state index is 10.7. The predicted molar refractivity (Wildman–Crippen MR) is 77.3 cm³/mol.